The third kappa shape index (κ3) is 3.28. The number of aromatic nitrogens is 2. The lowest BCUT2D eigenvalue weighted by Gasteiger charge is -2.06. The number of hydrogen-bond acceptors (Lipinski definition) is 3. The van der Waals surface area contributed by atoms with Gasteiger partial charge in [-0.05, 0) is 19.6 Å². The van der Waals surface area contributed by atoms with Gasteiger partial charge < -0.3 is 0 Å². The van der Waals surface area contributed by atoms with E-state index in [-0.39, 0.29) is 17.0 Å². The van der Waals surface area contributed by atoms with E-state index in [9.17, 15) is 18.0 Å². The van der Waals surface area contributed by atoms with Gasteiger partial charge in [0.15, 0.2) is 0 Å². The summed E-state index contributed by atoms with van der Waals surface area (Å²) >= 11 is 1.67. The monoisotopic (exact) mass is 280 g/mol. The summed E-state index contributed by atoms with van der Waals surface area (Å²) in [6, 6.07) is 0. The molecular formula is C11H15F3N2OS. The van der Waals surface area contributed by atoms with Crippen LogP contribution in [0.1, 0.15) is 28.7 Å². The normalized spacial score (nSPS) is 11.9. The van der Waals surface area contributed by atoms with Gasteiger partial charge >= 0.3 is 6.18 Å². The lowest BCUT2D eigenvalue weighted by atomic mass is 10.1. The molecule has 0 aliphatic carbocycles. The zero-order valence-electron chi connectivity index (χ0n) is 10.5. The summed E-state index contributed by atoms with van der Waals surface area (Å²) in [7, 11) is 0. The minimum atomic E-state index is -4.85. The first-order valence-corrected chi connectivity index (χ1v) is 6.67. The highest BCUT2D eigenvalue weighted by Gasteiger charge is 2.42. The standard InChI is InChI=1S/C11H15F3N2OS/c1-4-18-6-5-16-8(3)9(7(2)15-16)10(17)11(12,13)14/h4-6H2,1-3H3. The second kappa shape index (κ2) is 5.77. The molecule has 0 aliphatic heterocycles. The third-order valence-electron chi connectivity index (χ3n) is 2.52. The van der Waals surface area contributed by atoms with Crippen molar-refractivity contribution in [2.24, 2.45) is 0 Å². The van der Waals surface area contributed by atoms with E-state index in [1.165, 1.54) is 18.5 Å². The highest BCUT2D eigenvalue weighted by molar-refractivity contribution is 7.99. The molecule has 7 heteroatoms. The van der Waals surface area contributed by atoms with Crippen molar-refractivity contribution >= 4 is 17.5 Å². The van der Waals surface area contributed by atoms with Gasteiger partial charge in [0.05, 0.1) is 17.8 Å². The maximum atomic E-state index is 12.4. The maximum Gasteiger partial charge on any atom is 0.455 e. The summed E-state index contributed by atoms with van der Waals surface area (Å²) in [6.07, 6.45) is -4.85. The number of carbonyl (C=O) groups is 1. The van der Waals surface area contributed by atoms with Crippen LogP contribution < -0.4 is 0 Å². The average Bonchev–Trinajstić information content (AvgIpc) is 2.52. The van der Waals surface area contributed by atoms with E-state index in [1.54, 1.807) is 11.8 Å². The zero-order chi connectivity index (χ0) is 13.9. The molecule has 0 amide bonds. The fourth-order valence-electron chi connectivity index (χ4n) is 1.68. The van der Waals surface area contributed by atoms with Crippen LogP contribution in [0.4, 0.5) is 13.2 Å². The number of alkyl halides is 3. The zero-order valence-corrected chi connectivity index (χ0v) is 11.3. The van der Waals surface area contributed by atoms with Gasteiger partial charge in [-0.25, -0.2) is 0 Å². The van der Waals surface area contributed by atoms with Gasteiger partial charge in [-0.15, -0.1) is 0 Å². The summed E-state index contributed by atoms with van der Waals surface area (Å²) < 4.78 is 38.7. The number of thioether (sulfide) groups is 1. The van der Waals surface area contributed by atoms with Crippen LogP contribution in [0.15, 0.2) is 0 Å². The molecular weight excluding hydrogens is 265 g/mol. The molecule has 0 bridgehead atoms. The lowest BCUT2D eigenvalue weighted by Crippen LogP contribution is -2.24. The van der Waals surface area contributed by atoms with Crippen LogP contribution in [0.5, 0.6) is 0 Å². The van der Waals surface area contributed by atoms with Gasteiger partial charge in [0.2, 0.25) is 0 Å². The van der Waals surface area contributed by atoms with Gasteiger partial charge in [0, 0.05) is 11.4 Å². The molecule has 1 aromatic heterocycles. The molecule has 1 heterocycles. The van der Waals surface area contributed by atoms with Crippen molar-refractivity contribution in [1.29, 1.82) is 0 Å². The molecule has 0 radical (unpaired) electrons. The molecule has 18 heavy (non-hydrogen) atoms. The van der Waals surface area contributed by atoms with Gasteiger partial charge in [-0.3, -0.25) is 9.48 Å². The summed E-state index contributed by atoms with van der Waals surface area (Å²) in [5, 5.41) is 4.00. The van der Waals surface area contributed by atoms with Crippen molar-refractivity contribution in [2.75, 3.05) is 11.5 Å². The number of Topliss-reactive ketones (excluding diaryl/α,β-unsaturated/α-hetero) is 1. The van der Waals surface area contributed by atoms with E-state index in [0.29, 0.717) is 6.54 Å². The number of ketones is 1. The van der Waals surface area contributed by atoms with Crippen LogP contribution in [-0.4, -0.2) is 33.2 Å². The number of rotatable bonds is 5. The topological polar surface area (TPSA) is 34.9 Å². The van der Waals surface area contributed by atoms with Crippen LogP contribution in [-0.2, 0) is 6.54 Å². The summed E-state index contributed by atoms with van der Waals surface area (Å²) in [4.78, 5) is 11.3. The molecule has 0 N–H and O–H groups in total. The minimum Gasteiger partial charge on any atom is -0.284 e. The van der Waals surface area contributed by atoms with Crippen LogP contribution in [0.3, 0.4) is 0 Å². The van der Waals surface area contributed by atoms with Gasteiger partial charge in [0.1, 0.15) is 0 Å². The Hall–Kier alpha value is -0.980. The summed E-state index contributed by atoms with van der Waals surface area (Å²) in [6.45, 7) is 5.44. The molecule has 0 spiro atoms. The molecule has 0 fully saturated rings. The maximum absolute atomic E-state index is 12.4. The first kappa shape index (κ1) is 15.1. The molecule has 102 valence electrons. The van der Waals surface area contributed by atoms with E-state index in [0.717, 1.165) is 11.5 Å². The fraction of sp³-hybridized carbons (Fsp3) is 0.636. The number of nitrogens with zero attached hydrogens (tertiary/aromatic N) is 2. The smallest absolute Gasteiger partial charge is 0.284 e. The molecule has 1 rings (SSSR count). The van der Waals surface area contributed by atoms with Crippen molar-refractivity contribution in [2.45, 2.75) is 33.5 Å². The molecule has 0 atom stereocenters. The minimum absolute atomic E-state index is 0.135. The first-order valence-electron chi connectivity index (χ1n) is 5.52. The Morgan fingerprint density at radius 3 is 2.50 bits per heavy atom. The van der Waals surface area contributed by atoms with Crippen molar-refractivity contribution in [1.82, 2.24) is 9.78 Å². The Bertz CT molecular complexity index is 440. The van der Waals surface area contributed by atoms with Crippen molar-refractivity contribution in [3.63, 3.8) is 0 Å². The highest BCUT2D eigenvalue weighted by Crippen LogP contribution is 2.25. The van der Waals surface area contributed by atoms with Gasteiger partial charge in [0.25, 0.3) is 5.78 Å². The van der Waals surface area contributed by atoms with Gasteiger partial charge in [-0.2, -0.15) is 30.0 Å². The SMILES string of the molecule is CCSCCn1nc(C)c(C(=O)C(F)(F)F)c1C. The molecule has 0 aromatic carbocycles. The van der Waals surface area contributed by atoms with E-state index >= 15 is 0 Å². The fourth-order valence-corrected chi connectivity index (χ4v) is 2.27. The lowest BCUT2D eigenvalue weighted by molar-refractivity contribution is -0.0886. The van der Waals surface area contributed by atoms with Crippen molar-refractivity contribution < 1.29 is 18.0 Å². The Morgan fingerprint density at radius 2 is 2.00 bits per heavy atom. The van der Waals surface area contributed by atoms with E-state index in [4.69, 9.17) is 0 Å². The predicted octanol–water partition coefficient (Wildman–Crippen LogP) is 3.00. The first-order chi connectivity index (χ1) is 8.29. The van der Waals surface area contributed by atoms with Crippen LogP contribution in [0.25, 0.3) is 0 Å². The number of hydrogen-bond donors (Lipinski definition) is 0. The Balaban J connectivity index is 2.98. The predicted molar refractivity (Wildman–Crippen MR) is 65.1 cm³/mol. The average molecular weight is 280 g/mol. The second-order valence-corrected chi connectivity index (χ2v) is 5.19. The molecule has 0 saturated heterocycles. The number of halogens is 3. The molecule has 0 saturated carbocycles. The largest absolute Gasteiger partial charge is 0.455 e. The van der Waals surface area contributed by atoms with Crippen molar-refractivity contribution in [3.8, 4) is 0 Å². The number of aryl methyl sites for hydroxylation is 2. The molecule has 0 aliphatic rings. The Morgan fingerprint density at radius 1 is 1.39 bits per heavy atom. The Kier molecular flexibility index (Phi) is 4.84. The van der Waals surface area contributed by atoms with Crippen molar-refractivity contribution in [3.05, 3.63) is 17.0 Å². The summed E-state index contributed by atoms with van der Waals surface area (Å²) in [5.74, 6) is -0.113. The number of carbonyl (C=O) groups excluding carboxylic acids is 1. The van der Waals surface area contributed by atoms with E-state index in [1.807, 2.05) is 6.92 Å². The quantitative estimate of drug-likeness (QED) is 0.614. The third-order valence-corrected chi connectivity index (χ3v) is 3.40. The van der Waals surface area contributed by atoms with E-state index in [2.05, 4.69) is 5.10 Å². The molecule has 3 nitrogen and oxygen atoms in total. The Labute approximate surface area is 108 Å². The molecule has 0 unspecified atom stereocenters. The summed E-state index contributed by atoms with van der Waals surface area (Å²) in [5.41, 5.74) is 0.104. The molecule has 1 aromatic rings. The highest BCUT2D eigenvalue weighted by atomic mass is 32.2. The van der Waals surface area contributed by atoms with Crippen LogP contribution in [0.2, 0.25) is 0 Å². The van der Waals surface area contributed by atoms with Crippen LogP contribution in [0, 0.1) is 13.8 Å². The van der Waals surface area contributed by atoms with E-state index < -0.39 is 12.0 Å². The van der Waals surface area contributed by atoms with Crippen LogP contribution >= 0.6 is 11.8 Å². The van der Waals surface area contributed by atoms with Gasteiger partial charge in [-0.1, -0.05) is 6.92 Å². The second-order valence-electron chi connectivity index (χ2n) is 3.79.